The summed E-state index contributed by atoms with van der Waals surface area (Å²) < 4.78 is 11.7. The fourth-order valence-electron chi connectivity index (χ4n) is 1.76. The first kappa shape index (κ1) is 14.4. The Labute approximate surface area is 121 Å². The van der Waals surface area contributed by atoms with E-state index in [1.54, 1.807) is 18.2 Å². The highest BCUT2D eigenvalue weighted by Gasteiger charge is 2.09. The highest BCUT2D eigenvalue weighted by atomic mass is 16.5. The highest BCUT2D eigenvalue weighted by molar-refractivity contribution is 5.69. The maximum Gasteiger partial charge on any atom is 0.328 e. The zero-order valence-electron chi connectivity index (χ0n) is 11.4. The van der Waals surface area contributed by atoms with Crippen molar-refractivity contribution < 1.29 is 14.3 Å². The lowest BCUT2D eigenvalue weighted by molar-refractivity contribution is -0.145. The second-order valence-electron chi connectivity index (χ2n) is 4.27. The number of esters is 1. The number of nitrogen functional groups attached to an aromatic ring is 1. The molecular formula is C14H14N4O3. The van der Waals surface area contributed by atoms with Crippen molar-refractivity contribution in [2.24, 2.45) is 0 Å². The van der Waals surface area contributed by atoms with Gasteiger partial charge in [0.05, 0.1) is 30.6 Å². The van der Waals surface area contributed by atoms with Crippen LogP contribution in [0.25, 0.3) is 0 Å². The molecule has 1 aromatic heterocycles. The van der Waals surface area contributed by atoms with Gasteiger partial charge in [0, 0.05) is 11.8 Å². The number of anilines is 1. The molecule has 2 N–H and O–H groups in total. The number of nitrogens with two attached hydrogens (primary N) is 1. The first-order chi connectivity index (χ1) is 10.1. The van der Waals surface area contributed by atoms with E-state index in [0.717, 1.165) is 0 Å². The van der Waals surface area contributed by atoms with E-state index in [-0.39, 0.29) is 13.2 Å². The van der Waals surface area contributed by atoms with Gasteiger partial charge in [0.2, 0.25) is 0 Å². The Balaban J connectivity index is 1.99. The lowest BCUT2D eigenvalue weighted by Crippen LogP contribution is -2.14. The molecule has 21 heavy (non-hydrogen) atoms. The lowest BCUT2D eigenvalue weighted by atomic mass is 10.1. The minimum atomic E-state index is -0.456. The fraction of sp³-hybridized carbons (Fsp3) is 0.214. The predicted molar refractivity (Wildman–Crippen MR) is 74.1 cm³/mol. The summed E-state index contributed by atoms with van der Waals surface area (Å²) >= 11 is 0. The number of hydrogen-bond acceptors (Lipinski definition) is 6. The number of benzene rings is 1. The molecule has 0 spiro atoms. The minimum absolute atomic E-state index is 0.0221. The van der Waals surface area contributed by atoms with Gasteiger partial charge in [-0.25, -0.2) is 0 Å². The van der Waals surface area contributed by atoms with E-state index in [1.807, 2.05) is 6.07 Å². The number of methoxy groups -OCH3 is 1. The number of nitriles is 1. The summed E-state index contributed by atoms with van der Waals surface area (Å²) in [4.78, 5) is 11.7. The first-order valence-corrected chi connectivity index (χ1v) is 6.13. The van der Waals surface area contributed by atoms with Crippen LogP contribution in [0.4, 0.5) is 5.69 Å². The maximum absolute atomic E-state index is 11.7. The summed E-state index contributed by atoms with van der Waals surface area (Å²) in [7, 11) is 1.51. The smallest absolute Gasteiger partial charge is 0.328 e. The van der Waals surface area contributed by atoms with E-state index in [0.29, 0.717) is 22.6 Å². The molecule has 0 bridgehead atoms. The SMILES string of the molecule is COc1ccc(C#N)cc1COC(=O)Cn1cc(N)cn1. The Morgan fingerprint density at radius 3 is 2.95 bits per heavy atom. The van der Waals surface area contributed by atoms with E-state index < -0.39 is 5.97 Å². The van der Waals surface area contributed by atoms with Crippen LogP contribution in [0.1, 0.15) is 11.1 Å². The van der Waals surface area contributed by atoms with Crippen LogP contribution >= 0.6 is 0 Å². The van der Waals surface area contributed by atoms with Crippen LogP contribution in [0.15, 0.2) is 30.6 Å². The molecule has 0 aliphatic heterocycles. The molecule has 0 atom stereocenters. The van der Waals surface area contributed by atoms with Gasteiger partial charge >= 0.3 is 5.97 Å². The van der Waals surface area contributed by atoms with Crippen LogP contribution in [-0.4, -0.2) is 22.9 Å². The summed E-state index contributed by atoms with van der Waals surface area (Å²) in [5.74, 6) is 0.104. The van der Waals surface area contributed by atoms with Crippen molar-refractivity contribution >= 4 is 11.7 Å². The first-order valence-electron chi connectivity index (χ1n) is 6.13. The maximum atomic E-state index is 11.7. The molecule has 0 radical (unpaired) electrons. The molecule has 0 amide bonds. The van der Waals surface area contributed by atoms with Crippen LogP contribution in [0, 0.1) is 11.3 Å². The van der Waals surface area contributed by atoms with Crippen molar-refractivity contribution in [1.82, 2.24) is 9.78 Å². The van der Waals surface area contributed by atoms with Crippen LogP contribution < -0.4 is 10.5 Å². The van der Waals surface area contributed by atoms with Gasteiger partial charge in [0.15, 0.2) is 0 Å². The van der Waals surface area contributed by atoms with Crippen LogP contribution in [0.5, 0.6) is 5.75 Å². The van der Waals surface area contributed by atoms with Gasteiger partial charge in [-0.1, -0.05) is 0 Å². The second kappa shape index (κ2) is 6.43. The van der Waals surface area contributed by atoms with Crippen molar-refractivity contribution in [2.75, 3.05) is 12.8 Å². The molecule has 2 rings (SSSR count). The van der Waals surface area contributed by atoms with Gasteiger partial charge in [0.25, 0.3) is 0 Å². The van der Waals surface area contributed by atoms with Crippen molar-refractivity contribution in [3.63, 3.8) is 0 Å². The number of hydrogen-bond donors (Lipinski definition) is 1. The third kappa shape index (κ3) is 3.73. The number of ether oxygens (including phenoxy) is 2. The lowest BCUT2D eigenvalue weighted by Gasteiger charge is -2.09. The molecule has 0 fully saturated rings. The number of carbonyl (C=O) groups is 1. The molecule has 7 heteroatoms. The molecule has 1 aromatic carbocycles. The average molecular weight is 286 g/mol. The third-order valence-electron chi connectivity index (χ3n) is 2.74. The van der Waals surface area contributed by atoms with Crippen molar-refractivity contribution in [3.05, 3.63) is 41.7 Å². The molecule has 0 aliphatic carbocycles. The van der Waals surface area contributed by atoms with Gasteiger partial charge in [-0.3, -0.25) is 9.48 Å². The van der Waals surface area contributed by atoms with Crippen LogP contribution in [0.2, 0.25) is 0 Å². The van der Waals surface area contributed by atoms with E-state index in [4.69, 9.17) is 20.5 Å². The third-order valence-corrected chi connectivity index (χ3v) is 2.74. The monoisotopic (exact) mass is 286 g/mol. The zero-order chi connectivity index (χ0) is 15.2. The van der Waals surface area contributed by atoms with Gasteiger partial charge in [-0.2, -0.15) is 10.4 Å². The van der Waals surface area contributed by atoms with Crippen LogP contribution in [0.3, 0.4) is 0 Å². The number of nitrogens with zero attached hydrogens (tertiary/aromatic N) is 3. The van der Waals surface area contributed by atoms with Gasteiger partial charge in [0.1, 0.15) is 18.9 Å². The zero-order valence-corrected chi connectivity index (χ0v) is 11.4. The highest BCUT2D eigenvalue weighted by Crippen LogP contribution is 2.20. The van der Waals surface area contributed by atoms with Gasteiger partial charge in [-0.15, -0.1) is 0 Å². The van der Waals surface area contributed by atoms with E-state index in [2.05, 4.69) is 5.10 Å². The largest absolute Gasteiger partial charge is 0.496 e. The minimum Gasteiger partial charge on any atom is -0.496 e. The number of carbonyl (C=O) groups excluding carboxylic acids is 1. The van der Waals surface area contributed by atoms with Crippen molar-refractivity contribution in [2.45, 2.75) is 13.2 Å². The summed E-state index contributed by atoms with van der Waals surface area (Å²) in [5, 5.41) is 12.8. The molecule has 108 valence electrons. The van der Waals surface area contributed by atoms with Crippen LogP contribution in [-0.2, 0) is 22.7 Å². The summed E-state index contributed by atoms with van der Waals surface area (Å²) in [6.07, 6.45) is 2.99. The second-order valence-corrected chi connectivity index (χ2v) is 4.27. The number of rotatable bonds is 5. The molecule has 7 nitrogen and oxygen atoms in total. The standard InChI is InChI=1S/C14H14N4O3/c1-20-13-3-2-10(5-15)4-11(13)9-21-14(19)8-18-7-12(16)6-17-18/h2-4,6-7H,8-9,16H2,1H3. The van der Waals surface area contributed by atoms with E-state index >= 15 is 0 Å². The van der Waals surface area contributed by atoms with Gasteiger partial charge in [-0.05, 0) is 18.2 Å². The molecular weight excluding hydrogens is 272 g/mol. The summed E-state index contributed by atoms with van der Waals surface area (Å²) in [6.45, 7) is -0.00820. The Hall–Kier alpha value is -3.01. The molecule has 0 saturated heterocycles. The Morgan fingerprint density at radius 2 is 2.33 bits per heavy atom. The Kier molecular flexibility index (Phi) is 4.41. The molecule has 0 aliphatic rings. The topological polar surface area (TPSA) is 103 Å². The average Bonchev–Trinajstić information content (AvgIpc) is 2.89. The fourth-order valence-corrected chi connectivity index (χ4v) is 1.76. The normalized spacial score (nSPS) is 9.90. The number of aromatic nitrogens is 2. The Morgan fingerprint density at radius 1 is 1.52 bits per heavy atom. The van der Waals surface area contributed by atoms with E-state index in [1.165, 1.54) is 24.2 Å². The van der Waals surface area contributed by atoms with Crippen molar-refractivity contribution in [1.29, 1.82) is 5.26 Å². The Bertz CT molecular complexity index is 688. The molecule has 1 heterocycles. The van der Waals surface area contributed by atoms with E-state index in [9.17, 15) is 4.79 Å². The van der Waals surface area contributed by atoms with Crippen molar-refractivity contribution in [3.8, 4) is 11.8 Å². The van der Waals surface area contributed by atoms with Gasteiger partial charge < -0.3 is 15.2 Å². The summed E-state index contributed by atoms with van der Waals surface area (Å²) in [5.41, 5.74) is 7.09. The predicted octanol–water partition coefficient (Wildman–Crippen LogP) is 1.09. The molecule has 2 aromatic rings. The molecule has 0 saturated carbocycles. The molecule has 0 unspecified atom stereocenters. The quantitative estimate of drug-likeness (QED) is 0.825. The summed E-state index contributed by atoms with van der Waals surface area (Å²) in [6, 6.07) is 6.95.